The maximum Gasteiger partial charge on any atom is 0.121 e. The summed E-state index contributed by atoms with van der Waals surface area (Å²) in [6, 6.07) is 37.7. The summed E-state index contributed by atoms with van der Waals surface area (Å²) in [5.41, 5.74) is 2.35. The molecule has 0 radical (unpaired) electrons. The maximum atomic E-state index is 4.80. The van der Waals surface area contributed by atoms with Gasteiger partial charge in [-0.15, -0.1) is 10.2 Å². The van der Waals surface area contributed by atoms with Crippen molar-refractivity contribution in [3.63, 3.8) is 0 Å². The van der Waals surface area contributed by atoms with Gasteiger partial charge < -0.3 is 0 Å². The Hall–Kier alpha value is -4.84. The van der Waals surface area contributed by atoms with Gasteiger partial charge in [0.1, 0.15) is 10.7 Å². The van der Waals surface area contributed by atoms with Crippen LogP contribution < -0.4 is 0 Å². The van der Waals surface area contributed by atoms with Crippen LogP contribution in [0.5, 0.6) is 0 Å². The molecule has 2 atom stereocenters. The van der Waals surface area contributed by atoms with Gasteiger partial charge in [-0.05, 0) is 25.0 Å². The average Bonchev–Trinajstić information content (AvgIpc) is 3.61. The Morgan fingerprint density at radius 2 is 0.789 bits per heavy atom. The minimum absolute atomic E-state index is 0.000325. The Morgan fingerprint density at radius 3 is 1.18 bits per heavy atom. The molecule has 0 spiro atoms. The van der Waals surface area contributed by atoms with Gasteiger partial charge in [-0.3, -0.25) is 0 Å². The van der Waals surface area contributed by atoms with E-state index < -0.39 is 0 Å². The van der Waals surface area contributed by atoms with Gasteiger partial charge in [0.05, 0.1) is 22.8 Å². The summed E-state index contributed by atoms with van der Waals surface area (Å²) < 4.78 is 4.09. The van der Waals surface area contributed by atoms with Crippen molar-refractivity contribution in [2.45, 2.75) is 25.9 Å². The molecule has 6 heteroatoms. The second kappa shape index (κ2) is 8.92. The zero-order valence-corrected chi connectivity index (χ0v) is 21.2. The number of nitrogens with zero attached hydrogens (tertiary/aromatic N) is 6. The van der Waals surface area contributed by atoms with Gasteiger partial charge in [0.2, 0.25) is 0 Å². The Bertz CT molecular complexity index is 2010. The summed E-state index contributed by atoms with van der Waals surface area (Å²) in [7, 11) is 0. The third kappa shape index (κ3) is 3.41. The van der Waals surface area contributed by atoms with E-state index in [0.717, 1.165) is 42.3 Å². The number of rotatable bonds is 4. The molecule has 6 aromatic rings. The number of fused-ring (bicyclic) bond motifs is 4. The van der Waals surface area contributed by atoms with E-state index in [4.69, 9.17) is 20.6 Å². The highest BCUT2D eigenvalue weighted by atomic mass is 15.4. The van der Waals surface area contributed by atoms with Crippen LogP contribution in [0.4, 0.5) is 0 Å². The van der Waals surface area contributed by atoms with E-state index in [0.29, 0.717) is 0 Å². The molecular formula is C32H26N6. The monoisotopic (exact) mass is 494 g/mol. The van der Waals surface area contributed by atoms with E-state index in [-0.39, 0.29) is 12.1 Å². The summed E-state index contributed by atoms with van der Waals surface area (Å²) >= 11 is 0. The molecule has 0 aliphatic heterocycles. The summed E-state index contributed by atoms with van der Waals surface area (Å²) in [5, 5.41) is 26.9. The van der Waals surface area contributed by atoms with Crippen LogP contribution in [-0.2, 0) is 0 Å². The molecule has 0 saturated carbocycles. The second-order valence-corrected chi connectivity index (χ2v) is 9.73. The minimum atomic E-state index is 0.000325. The quantitative estimate of drug-likeness (QED) is 0.322. The average molecular weight is 495 g/mol. The first-order valence-corrected chi connectivity index (χ1v) is 12.9. The molecule has 0 N–H and O–H groups in total. The predicted octanol–water partition coefficient (Wildman–Crippen LogP) is 5.55. The van der Waals surface area contributed by atoms with E-state index in [9.17, 15) is 0 Å². The molecule has 0 saturated heterocycles. The molecular weight excluding hydrogens is 468 g/mol. The van der Waals surface area contributed by atoms with Crippen molar-refractivity contribution in [2.24, 2.45) is 0 Å². The first kappa shape index (κ1) is 22.4. The van der Waals surface area contributed by atoms with E-state index in [1.54, 1.807) is 0 Å². The summed E-state index contributed by atoms with van der Waals surface area (Å²) in [6.45, 7) is 4.33. The number of hydrogen-bond acceptors (Lipinski definition) is 4. The maximum absolute atomic E-state index is 4.80. The van der Waals surface area contributed by atoms with Crippen molar-refractivity contribution in [3.05, 3.63) is 163 Å². The van der Waals surface area contributed by atoms with Crippen LogP contribution >= 0.6 is 0 Å². The third-order valence-electron chi connectivity index (χ3n) is 7.56. The standard InChI is InChI=1S/C32H26N6/c1-21(23-13-5-3-6-14-23)37-31-27-19-11-9-17-25(27)30-32(28-20-12-10-18-26(28)29(31)33-35-37)38(36-34-30)22(2)24-15-7-4-8-16-24/h3-22H,1-2H3/b29-26+,30-25+,31-27+,32-28+. The molecule has 2 heterocycles. The lowest BCUT2D eigenvalue weighted by atomic mass is 10.1. The van der Waals surface area contributed by atoms with Crippen molar-refractivity contribution in [2.75, 3.05) is 0 Å². The van der Waals surface area contributed by atoms with Crippen LogP contribution in [0.25, 0.3) is 0 Å². The number of aromatic nitrogens is 6. The van der Waals surface area contributed by atoms with Crippen molar-refractivity contribution in [3.8, 4) is 0 Å². The third-order valence-corrected chi connectivity index (χ3v) is 7.56. The topological polar surface area (TPSA) is 61.4 Å². The zero-order valence-electron chi connectivity index (χ0n) is 21.2. The molecule has 4 aromatic carbocycles. The lowest BCUT2D eigenvalue weighted by molar-refractivity contribution is 0.531. The van der Waals surface area contributed by atoms with Crippen LogP contribution in [0.2, 0.25) is 0 Å². The normalized spacial score (nSPS) is 17.1. The fourth-order valence-electron chi connectivity index (χ4n) is 5.53. The van der Waals surface area contributed by atoms with E-state index >= 15 is 0 Å². The minimum Gasteiger partial charge on any atom is -0.237 e. The van der Waals surface area contributed by atoms with Crippen molar-refractivity contribution < 1.29 is 0 Å². The highest BCUT2D eigenvalue weighted by molar-refractivity contribution is 5.25. The molecule has 2 unspecified atom stereocenters. The highest BCUT2D eigenvalue weighted by Gasteiger charge is 2.16. The van der Waals surface area contributed by atoms with Crippen molar-refractivity contribution in [1.82, 2.24) is 30.0 Å². The first-order valence-electron chi connectivity index (χ1n) is 12.9. The molecule has 1 aliphatic carbocycles. The Morgan fingerprint density at radius 1 is 0.447 bits per heavy atom. The second-order valence-electron chi connectivity index (χ2n) is 9.73. The fraction of sp³-hybridized carbons (Fsp3) is 0.125. The molecule has 1 aliphatic rings. The van der Waals surface area contributed by atoms with Gasteiger partial charge in [0, 0.05) is 20.9 Å². The Kier molecular flexibility index (Phi) is 5.25. The molecule has 38 heavy (non-hydrogen) atoms. The van der Waals surface area contributed by atoms with Crippen LogP contribution in [0.1, 0.15) is 37.1 Å². The lowest BCUT2D eigenvalue weighted by Gasteiger charge is -2.13. The number of benzene rings is 4. The van der Waals surface area contributed by atoms with Crippen LogP contribution in [0.3, 0.4) is 0 Å². The largest absolute Gasteiger partial charge is 0.237 e. The van der Waals surface area contributed by atoms with Gasteiger partial charge in [-0.2, -0.15) is 0 Å². The zero-order chi connectivity index (χ0) is 25.6. The highest BCUT2D eigenvalue weighted by Crippen LogP contribution is 2.21. The summed E-state index contributed by atoms with van der Waals surface area (Å²) in [6.07, 6.45) is 0. The number of hydrogen-bond donors (Lipinski definition) is 0. The molecule has 0 bridgehead atoms. The van der Waals surface area contributed by atoms with Crippen LogP contribution in [0, 0.1) is 42.3 Å². The van der Waals surface area contributed by atoms with E-state index in [1.165, 1.54) is 11.1 Å². The van der Waals surface area contributed by atoms with Gasteiger partial charge in [-0.1, -0.05) is 120 Å². The lowest BCUT2D eigenvalue weighted by Crippen LogP contribution is -2.10. The van der Waals surface area contributed by atoms with Gasteiger partial charge in [0.25, 0.3) is 0 Å². The molecule has 2 aromatic heterocycles. The summed E-state index contributed by atoms with van der Waals surface area (Å²) in [4.78, 5) is 0. The van der Waals surface area contributed by atoms with Gasteiger partial charge in [0.15, 0.2) is 0 Å². The molecule has 0 amide bonds. The predicted molar refractivity (Wildman–Crippen MR) is 144 cm³/mol. The smallest absolute Gasteiger partial charge is 0.121 e. The molecule has 7 rings (SSSR count). The van der Waals surface area contributed by atoms with E-state index in [2.05, 4.69) is 111 Å². The van der Waals surface area contributed by atoms with Crippen LogP contribution in [-0.4, -0.2) is 30.0 Å². The van der Waals surface area contributed by atoms with E-state index in [1.807, 2.05) is 21.5 Å². The van der Waals surface area contributed by atoms with Gasteiger partial charge >= 0.3 is 0 Å². The summed E-state index contributed by atoms with van der Waals surface area (Å²) in [5.74, 6) is 0. The first-order chi connectivity index (χ1) is 18.7. The molecule has 184 valence electrons. The Labute approximate surface area is 218 Å². The fourth-order valence-corrected chi connectivity index (χ4v) is 5.53. The van der Waals surface area contributed by atoms with Crippen LogP contribution in [0.15, 0.2) is 109 Å². The van der Waals surface area contributed by atoms with Crippen molar-refractivity contribution in [1.29, 1.82) is 0 Å². The molecule has 6 nitrogen and oxygen atoms in total. The SMILES string of the molecule is CC(c1ccccc1)n1nnc2/c1=c1/cccc/c1=c1\nnn(C(C)c3ccccc3)\c1=c1/cccc/c1=2. The molecule has 0 fully saturated rings. The van der Waals surface area contributed by atoms with Crippen molar-refractivity contribution >= 4 is 0 Å². The Balaban J connectivity index is 1.73. The van der Waals surface area contributed by atoms with Gasteiger partial charge in [-0.25, -0.2) is 9.36 Å².